The highest BCUT2D eigenvalue weighted by Crippen LogP contribution is 2.34. The third kappa shape index (κ3) is 10.3. The molecule has 1 fully saturated rings. The van der Waals surface area contributed by atoms with Gasteiger partial charge in [0.2, 0.25) is 5.91 Å². The summed E-state index contributed by atoms with van der Waals surface area (Å²) in [6.45, 7) is 8.48. The van der Waals surface area contributed by atoms with Gasteiger partial charge in [0.1, 0.15) is 24.6 Å². The van der Waals surface area contributed by atoms with Crippen LogP contribution in [-0.4, -0.2) is 53.3 Å². The number of aromatic nitrogens is 1. The molecule has 2 amide bonds. The van der Waals surface area contributed by atoms with Gasteiger partial charge in [0.25, 0.3) is 0 Å². The highest BCUT2D eigenvalue weighted by atomic mass is 35.5. The summed E-state index contributed by atoms with van der Waals surface area (Å²) in [6, 6.07) is 17.0. The van der Waals surface area contributed by atoms with Crippen LogP contribution in [0.2, 0.25) is 10.0 Å². The minimum absolute atomic E-state index is 0.0184. The molecule has 0 saturated heterocycles. The monoisotopic (exact) mass is 627 g/mol. The van der Waals surface area contributed by atoms with Crippen LogP contribution in [0.1, 0.15) is 50.4 Å². The molecule has 0 radical (unpaired) electrons. The number of ether oxygens (including phenoxy) is 3. The fourth-order valence-corrected chi connectivity index (χ4v) is 5.28. The van der Waals surface area contributed by atoms with Gasteiger partial charge in [-0.25, -0.2) is 4.79 Å². The van der Waals surface area contributed by atoms with Gasteiger partial charge >= 0.3 is 6.09 Å². The van der Waals surface area contributed by atoms with Crippen molar-refractivity contribution in [3.8, 4) is 11.5 Å². The lowest BCUT2D eigenvalue weighted by Crippen LogP contribution is -2.44. The van der Waals surface area contributed by atoms with Crippen LogP contribution in [0.5, 0.6) is 11.5 Å². The van der Waals surface area contributed by atoms with Crippen molar-refractivity contribution in [1.82, 2.24) is 15.2 Å². The Morgan fingerprint density at radius 1 is 1.02 bits per heavy atom. The molecule has 1 atom stereocenters. The average Bonchev–Trinajstić information content (AvgIpc) is 3.78. The second-order valence-corrected chi connectivity index (χ2v) is 12.5. The maximum absolute atomic E-state index is 13.9. The van der Waals surface area contributed by atoms with Crippen molar-refractivity contribution in [3.05, 3.63) is 87.7 Å². The van der Waals surface area contributed by atoms with Gasteiger partial charge in [-0.2, -0.15) is 0 Å². The Kier molecular flexibility index (Phi) is 11.2. The second-order valence-electron chi connectivity index (χ2n) is 11.7. The van der Waals surface area contributed by atoms with Crippen molar-refractivity contribution in [2.45, 2.75) is 65.1 Å². The first kappa shape index (κ1) is 32.4. The lowest BCUT2D eigenvalue weighted by atomic mass is 9.97. The zero-order chi connectivity index (χ0) is 31.0. The summed E-state index contributed by atoms with van der Waals surface area (Å²) in [4.78, 5) is 32.7. The molecule has 8 nitrogen and oxygen atoms in total. The van der Waals surface area contributed by atoms with E-state index in [9.17, 15) is 9.59 Å². The third-order valence-electron chi connectivity index (χ3n) is 6.72. The number of carbonyl (C=O) groups excluding carboxylic acids is 2. The van der Waals surface area contributed by atoms with Crippen molar-refractivity contribution < 1.29 is 23.8 Å². The number of carbonyl (C=O) groups is 2. The van der Waals surface area contributed by atoms with Gasteiger partial charge in [-0.3, -0.25) is 9.78 Å². The largest absolute Gasteiger partial charge is 0.490 e. The van der Waals surface area contributed by atoms with Crippen LogP contribution >= 0.6 is 23.2 Å². The molecule has 1 N–H and O–H groups in total. The molecule has 1 heterocycles. The summed E-state index contributed by atoms with van der Waals surface area (Å²) in [5.74, 6) is 0.598. The van der Waals surface area contributed by atoms with E-state index >= 15 is 0 Å². The fourth-order valence-electron chi connectivity index (χ4n) is 4.58. The van der Waals surface area contributed by atoms with E-state index in [4.69, 9.17) is 37.4 Å². The first-order chi connectivity index (χ1) is 20.5. The molecule has 1 aliphatic carbocycles. The van der Waals surface area contributed by atoms with Crippen molar-refractivity contribution >= 4 is 35.2 Å². The molecule has 43 heavy (non-hydrogen) atoms. The Morgan fingerprint density at radius 3 is 2.30 bits per heavy atom. The zero-order valence-electron chi connectivity index (χ0n) is 25.1. The fraction of sp³-hybridized carbons (Fsp3) is 0.424. The summed E-state index contributed by atoms with van der Waals surface area (Å²) >= 11 is 12.5. The number of nitrogens with one attached hydrogen (secondary N) is 1. The van der Waals surface area contributed by atoms with Gasteiger partial charge in [-0.1, -0.05) is 41.4 Å². The van der Waals surface area contributed by atoms with Crippen molar-refractivity contribution in [1.29, 1.82) is 0 Å². The van der Waals surface area contributed by atoms with Gasteiger partial charge in [0, 0.05) is 18.8 Å². The summed E-state index contributed by atoms with van der Waals surface area (Å²) < 4.78 is 17.0. The number of halogens is 2. The van der Waals surface area contributed by atoms with Crippen LogP contribution in [-0.2, 0) is 22.5 Å². The lowest BCUT2D eigenvalue weighted by Gasteiger charge is -2.28. The minimum atomic E-state index is -0.637. The minimum Gasteiger partial charge on any atom is -0.490 e. The van der Waals surface area contributed by atoms with Crippen molar-refractivity contribution in [3.63, 3.8) is 0 Å². The highest BCUT2D eigenvalue weighted by molar-refractivity contribution is 6.37. The maximum atomic E-state index is 13.9. The van der Waals surface area contributed by atoms with Gasteiger partial charge in [0.05, 0.1) is 28.2 Å². The molecule has 0 spiro atoms. The molecule has 0 bridgehead atoms. The van der Waals surface area contributed by atoms with E-state index in [-0.39, 0.29) is 25.1 Å². The van der Waals surface area contributed by atoms with E-state index in [1.807, 2.05) is 54.3 Å². The quantitative estimate of drug-likeness (QED) is 0.205. The van der Waals surface area contributed by atoms with Crippen LogP contribution in [0, 0.1) is 12.8 Å². The second kappa shape index (κ2) is 14.8. The predicted molar refractivity (Wildman–Crippen MR) is 168 cm³/mol. The summed E-state index contributed by atoms with van der Waals surface area (Å²) in [5.41, 5.74) is 2.10. The molecule has 3 aromatic rings. The first-order valence-corrected chi connectivity index (χ1v) is 15.2. The van der Waals surface area contributed by atoms with Crippen LogP contribution < -0.4 is 14.8 Å². The van der Waals surface area contributed by atoms with E-state index in [2.05, 4.69) is 10.3 Å². The third-order valence-corrected chi connectivity index (χ3v) is 7.28. The number of pyridine rings is 1. The van der Waals surface area contributed by atoms with E-state index in [0.717, 1.165) is 29.7 Å². The molecule has 230 valence electrons. The standard InChI is InChI=1S/C33H39Cl2N3O5/c1-22-17-28(34)30(29(35)18-22)42-16-15-41-27-12-8-23(9-13-27)19-24(20-37-32(40)43-33(2,3)4)31(39)38(26-10-11-26)21-25-7-5-6-14-36-25/h5-9,12-14,17-18,24,26H,10-11,15-16,19-21H2,1-4H3,(H,37,40). The molecule has 1 unspecified atom stereocenters. The number of aryl methyl sites for hydroxylation is 1. The Labute approximate surface area is 263 Å². The van der Waals surface area contributed by atoms with Gasteiger partial charge in [-0.05, 0) is 94.5 Å². The molecular weight excluding hydrogens is 589 g/mol. The summed E-state index contributed by atoms with van der Waals surface area (Å²) in [7, 11) is 0. The summed E-state index contributed by atoms with van der Waals surface area (Å²) in [5, 5.41) is 3.72. The van der Waals surface area contributed by atoms with Gasteiger partial charge < -0.3 is 24.4 Å². The van der Waals surface area contributed by atoms with Gasteiger partial charge in [-0.15, -0.1) is 0 Å². The van der Waals surface area contributed by atoms with Crippen molar-refractivity contribution in [2.75, 3.05) is 19.8 Å². The number of nitrogens with zero attached hydrogens (tertiary/aromatic N) is 2. The highest BCUT2D eigenvalue weighted by Gasteiger charge is 2.36. The Hall–Kier alpha value is -3.49. The molecule has 0 aliphatic heterocycles. The smallest absolute Gasteiger partial charge is 0.407 e. The topological polar surface area (TPSA) is 90.0 Å². The van der Waals surface area contributed by atoms with Crippen LogP contribution in [0.25, 0.3) is 0 Å². The molecule has 1 saturated carbocycles. The Bertz CT molecular complexity index is 1350. The maximum Gasteiger partial charge on any atom is 0.407 e. The van der Waals surface area contributed by atoms with Gasteiger partial charge in [0.15, 0.2) is 5.75 Å². The molecule has 10 heteroatoms. The predicted octanol–water partition coefficient (Wildman–Crippen LogP) is 7.03. The average molecular weight is 629 g/mol. The number of hydrogen-bond donors (Lipinski definition) is 1. The number of rotatable bonds is 13. The van der Waals surface area contributed by atoms with Crippen LogP contribution in [0.3, 0.4) is 0 Å². The van der Waals surface area contributed by atoms with E-state index in [1.54, 1.807) is 39.1 Å². The molecule has 2 aromatic carbocycles. The Balaban J connectivity index is 1.38. The summed E-state index contributed by atoms with van der Waals surface area (Å²) in [6.07, 6.45) is 3.54. The van der Waals surface area contributed by atoms with E-state index in [1.165, 1.54) is 0 Å². The normalized spacial score (nSPS) is 13.6. The van der Waals surface area contributed by atoms with Crippen molar-refractivity contribution in [2.24, 2.45) is 5.92 Å². The molecular formula is C33H39Cl2N3O5. The molecule has 4 rings (SSSR count). The van der Waals surface area contributed by atoms with E-state index in [0.29, 0.717) is 41.1 Å². The lowest BCUT2D eigenvalue weighted by molar-refractivity contribution is -0.136. The van der Waals surface area contributed by atoms with Crippen LogP contribution in [0.15, 0.2) is 60.8 Å². The number of benzene rings is 2. The first-order valence-electron chi connectivity index (χ1n) is 14.5. The molecule has 1 aromatic heterocycles. The van der Waals surface area contributed by atoms with E-state index < -0.39 is 17.6 Å². The zero-order valence-corrected chi connectivity index (χ0v) is 26.6. The number of alkyl carbamates (subject to hydrolysis) is 1. The van der Waals surface area contributed by atoms with Crippen LogP contribution in [0.4, 0.5) is 4.79 Å². The Morgan fingerprint density at radius 2 is 1.70 bits per heavy atom. The SMILES string of the molecule is Cc1cc(Cl)c(OCCOc2ccc(CC(CNC(=O)OC(C)(C)C)C(=O)N(Cc3ccccn3)C3CC3)cc2)c(Cl)c1. The number of hydrogen-bond acceptors (Lipinski definition) is 6. The molecule has 1 aliphatic rings. The number of amides is 2.